The second-order valence-corrected chi connectivity index (χ2v) is 7.88. The molecule has 5 nitrogen and oxygen atoms in total. The Morgan fingerprint density at radius 3 is 2.69 bits per heavy atom. The minimum absolute atomic E-state index is 0.00761. The molecule has 0 atom stereocenters. The second kappa shape index (κ2) is 8.41. The average Bonchev–Trinajstić information content (AvgIpc) is 3.30. The summed E-state index contributed by atoms with van der Waals surface area (Å²) >= 11 is 1.15. The molecule has 8 heteroatoms. The molecular formula is C21H21F2N3O2S. The van der Waals surface area contributed by atoms with Crippen LogP contribution in [0.15, 0.2) is 44.6 Å². The van der Waals surface area contributed by atoms with Gasteiger partial charge >= 0.3 is 0 Å². The largest absolute Gasteiger partial charge is 0.441 e. The third-order valence-electron chi connectivity index (χ3n) is 4.88. The summed E-state index contributed by atoms with van der Waals surface area (Å²) in [7, 11) is 0. The maximum Gasteiger partial charge on any atom is 0.266 e. The van der Waals surface area contributed by atoms with Crippen molar-refractivity contribution in [3.8, 4) is 0 Å². The van der Waals surface area contributed by atoms with Crippen LogP contribution in [0.1, 0.15) is 31.9 Å². The van der Waals surface area contributed by atoms with Gasteiger partial charge in [-0.15, -0.1) is 0 Å². The Morgan fingerprint density at radius 2 is 1.97 bits per heavy atom. The summed E-state index contributed by atoms with van der Waals surface area (Å²) in [6, 6.07) is 6.94. The lowest BCUT2D eigenvalue weighted by Crippen LogP contribution is -2.28. The fourth-order valence-electron chi connectivity index (χ4n) is 3.38. The van der Waals surface area contributed by atoms with Gasteiger partial charge in [0.2, 0.25) is 0 Å². The first-order valence-corrected chi connectivity index (χ1v) is 10.5. The van der Waals surface area contributed by atoms with Gasteiger partial charge in [-0.25, -0.2) is 13.8 Å². The number of hydrogen-bond acceptors (Lipinski definition) is 5. The highest BCUT2D eigenvalue weighted by Crippen LogP contribution is 2.35. The average molecular weight is 417 g/mol. The SMILES string of the molecule is CCN1C(=O)/C(=C\c2ccc(N3CCCCC3)o2)SC1=Nc1ccc(F)cc1F. The summed E-state index contributed by atoms with van der Waals surface area (Å²) in [5.41, 5.74) is -0.00761. The van der Waals surface area contributed by atoms with Crippen molar-refractivity contribution < 1.29 is 18.0 Å². The van der Waals surface area contributed by atoms with Crippen LogP contribution in [0.4, 0.5) is 20.4 Å². The molecule has 0 N–H and O–H groups in total. The number of amidine groups is 1. The summed E-state index contributed by atoms with van der Waals surface area (Å²) in [6.07, 6.45) is 5.23. The lowest BCUT2D eigenvalue weighted by molar-refractivity contribution is -0.122. The lowest BCUT2D eigenvalue weighted by atomic mass is 10.1. The van der Waals surface area contributed by atoms with Crippen molar-refractivity contribution in [2.45, 2.75) is 26.2 Å². The van der Waals surface area contributed by atoms with E-state index in [0.29, 0.717) is 22.4 Å². The number of aliphatic imine (C=N–C) groups is 1. The molecule has 0 unspecified atom stereocenters. The molecule has 0 bridgehead atoms. The topological polar surface area (TPSA) is 49.1 Å². The molecule has 0 aliphatic carbocycles. The number of benzene rings is 1. The minimum atomic E-state index is -0.767. The monoisotopic (exact) mass is 417 g/mol. The number of anilines is 1. The van der Waals surface area contributed by atoms with Crippen LogP contribution in [0.25, 0.3) is 6.08 Å². The number of hydrogen-bond donors (Lipinski definition) is 0. The zero-order valence-corrected chi connectivity index (χ0v) is 16.8. The fourth-order valence-corrected chi connectivity index (χ4v) is 4.41. The number of amides is 1. The molecule has 1 aromatic carbocycles. The number of halogens is 2. The van der Waals surface area contributed by atoms with Crippen LogP contribution in [0.3, 0.4) is 0 Å². The summed E-state index contributed by atoms with van der Waals surface area (Å²) in [4.78, 5) is 21.1. The molecular weight excluding hydrogens is 396 g/mol. The van der Waals surface area contributed by atoms with Gasteiger partial charge in [-0.2, -0.15) is 0 Å². The molecule has 152 valence electrons. The Labute approximate surface area is 172 Å². The fraction of sp³-hybridized carbons (Fsp3) is 0.333. The van der Waals surface area contributed by atoms with E-state index in [-0.39, 0.29) is 11.6 Å². The summed E-state index contributed by atoms with van der Waals surface area (Å²) < 4.78 is 33.0. The number of piperidine rings is 1. The second-order valence-electron chi connectivity index (χ2n) is 6.87. The van der Waals surface area contributed by atoms with Crippen molar-refractivity contribution >= 4 is 40.5 Å². The summed E-state index contributed by atoms with van der Waals surface area (Å²) in [6.45, 7) is 4.16. The van der Waals surface area contributed by atoms with Gasteiger partial charge in [0.05, 0.1) is 4.91 Å². The molecule has 1 aromatic heterocycles. The molecule has 2 saturated heterocycles. The molecule has 29 heavy (non-hydrogen) atoms. The molecule has 2 fully saturated rings. The van der Waals surface area contributed by atoms with Crippen LogP contribution in [0.5, 0.6) is 0 Å². The van der Waals surface area contributed by atoms with E-state index in [2.05, 4.69) is 9.89 Å². The van der Waals surface area contributed by atoms with Gasteiger partial charge in [0.25, 0.3) is 5.91 Å². The smallest absolute Gasteiger partial charge is 0.266 e. The van der Waals surface area contributed by atoms with Crippen LogP contribution >= 0.6 is 11.8 Å². The predicted molar refractivity (Wildman–Crippen MR) is 111 cm³/mol. The van der Waals surface area contributed by atoms with Crippen LogP contribution in [-0.2, 0) is 4.79 Å². The minimum Gasteiger partial charge on any atom is -0.441 e. The van der Waals surface area contributed by atoms with Crippen LogP contribution in [0.2, 0.25) is 0 Å². The number of thioether (sulfide) groups is 1. The number of rotatable bonds is 4. The van der Waals surface area contributed by atoms with E-state index in [4.69, 9.17) is 4.42 Å². The first-order valence-electron chi connectivity index (χ1n) is 9.65. The number of carbonyl (C=O) groups excluding carboxylic acids is 1. The van der Waals surface area contributed by atoms with Crippen molar-refractivity contribution in [2.75, 3.05) is 24.5 Å². The van der Waals surface area contributed by atoms with E-state index in [1.165, 1.54) is 17.4 Å². The normalized spacial score (nSPS) is 20.3. The van der Waals surface area contributed by atoms with Gasteiger partial charge in [0, 0.05) is 37.8 Å². The zero-order chi connectivity index (χ0) is 20.4. The Kier molecular flexibility index (Phi) is 5.71. The number of nitrogens with zero attached hydrogens (tertiary/aromatic N) is 3. The first-order chi connectivity index (χ1) is 14.0. The number of furan rings is 1. The molecule has 2 aliphatic heterocycles. The van der Waals surface area contributed by atoms with E-state index >= 15 is 0 Å². The van der Waals surface area contributed by atoms with Gasteiger partial charge in [-0.3, -0.25) is 9.69 Å². The summed E-state index contributed by atoms with van der Waals surface area (Å²) in [5, 5.41) is 0.358. The summed E-state index contributed by atoms with van der Waals surface area (Å²) in [5.74, 6) is -0.254. The van der Waals surface area contributed by atoms with E-state index in [1.807, 2.05) is 19.1 Å². The maximum absolute atomic E-state index is 14.0. The van der Waals surface area contributed by atoms with Gasteiger partial charge in [0.15, 0.2) is 16.9 Å². The van der Waals surface area contributed by atoms with E-state index < -0.39 is 11.6 Å². The Balaban J connectivity index is 1.58. The highest BCUT2D eigenvalue weighted by molar-refractivity contribution is 8.18. The van der Waals surface area contributed by atoms with Crippen LogP contribution < -0.4 is 4.90 Å². The van der Waals surface area contributed by atoms with Crippen molar-refractivity contribution in [3.05, 3.63) is 52.6 Å². The van der Waals surface area contributed by atoms with Gasteiger partial charge in [0.1, 0.15) is 17.3 Å². The molecule has 1 amide bonds. The van der Waals surface area contributed by atoms with Crippen molar-refractivity contribution in [2.24, 2.45) is 4.99 Å². The van der Waals surface area contributed by atoms with Crippen molar-refractivity contribution in [1.82, 2.24) is 4.90 Å². The first kappa shape index (κ1) is 19.7. The van der Waals surface area contributed by atoms with Gasteiger partial charge in [-0.1, -0.05) is 0 Å². The Morgan fingerprint density at radius 1 is 1.17 bits per heavy atom. The van der Waals surface area contributed by atoms with Crippen molar-refractivity contribution in [3.63, 3.8) is 0 Å². The van der Waals surface area contributed by atoms with Gasteiger partial charge < -0.3 is 9.32 Å². The molecule has 2 aliphatic rings. The zero-order valence-electron chi connectivity index (χ0n) is 16.0. The lowest BCUT2D eigenvalue weighted by Gasteiger charge is -2.25. The highest BCUT2D eigenvalue weighted by atomic mass is 32.2. The van der Waals surface area contributed by atoms with Crippen molar-refractivity contribution in [1.29, 1.82) is 0 Å². The van der Waals surface area contributed by atoms with Crippen LogP contribution in [-0.4, -0.2) is 35.6 Å². The van der Waals surface area contributed by atoms with Gasteiger partial charge in [-0.05, 0) is 56.1 Å². The standard InChI is InChI=1S/C21H21F2N3O2S/c1-2-26-20(27)18(29-21(26)24-17-8-6-14(22)12-16(17)23)13-15-7-9-19(28-15)25-10-4-3-5-11-25/h6-9,12-13H,2-5,10-11H2,1H3/b18-13+,24-21?. The number of likely N-dealkylation sites (N-methyl/N-ethyl adjacent to an activating group) is 1. The molecule has 2 aromatic rings. The third kappa shape index (κ3) is 4.22. The van der Waals surface area contributed by atoms with E-state index in [9.17, 15) is 13.6 Å². The number of carbonyl (C=O) groups is 1. The predicted octanol–water partition coefficient (Wildman–Crippen LogP) is 5.17. The maximum atomic E-state index is 14.0. The highest BCUT2D eigenvalue weighted by Gasteiger charge is 2.32. The molecule has 0 saturated carbocycles. The molecule has 0 spiro atoms. The molecule has 0 radical (unpaired) electrons. The van der Waals surface area contributed by atoms with Crippen LogP contribution in [0, 0.1) is 11.6 Å². The van der Waals surface area contributed by atoms with E-state index in [0.717, 1.165) is 55.7 Å². The molecule has 4 rings (SSSR count). The third-order valence-corrected chi connectivity index (χ3v) is 5.89. The quantitative estimate of drug-likeness (QED) is 0.644. The van der Waals surface area contributed by atoms with E-state index in [1.54, 1.807) is 6.08 Å². The Hall–Kier alpha value is -2.61. The molecule has 3 heterocycles. The Bertz CT molecular complexity index is 980.